The quantitative estimate of drug-likeness (QED) is 0.643. The molecule has 2 heterocycles. The molecule has 0 bridgehead atoms. The SMILES string of the molecule is CN1C(=O)CCc2cc(-c3cncc(OCCNC=O)c3)c(F)cc21. The highest BCUT2D eigenvalue weighted by Gasteiger charge is 2.23. The molecule has 0 fully saturated rings. The third kappa shape index (κ3) is 3.60. The number of aryl methyl sites for hydroxylation is 1. The van der Waals surface area contributed by atoms with Crippen molar-refractivity contribution in [1.82, 2.24) is 10.3 Å². The van der Waals surface area contributed by atoms with E-state index in [1.165, 1.54) is 17.2 Å². The standard InChI is InChI=1S/C18H18FN3O3/c1-22-17-8-16(19)15(7-12(17)2-3-18(22)24)13-6-14(10-21-9-13)25-5-4-20-11-23/h6-11H,2-5H2,1H3,(H,20,23). The number of carbonyl (C=O) groups excluding carboxylic acids is 2. The Bertz CT molecular complexity index is 810. The fourth-order valence-electron chi connectivity index (χ4n) is 2.82. The van der Waals surface area contributed by atoms with E-state index in [9.17, 15) is 14.0 Å². The van der Waals surface area contributed by atoms with Crippen LogP contribution in [0.25, 0.3) is 11.1 Å². The van der Waals surface area contributed by atoms with Gasteiger partial charge in [-0.1, -0.05) is 0 Å². The maximum absolute atomic E-state index is 14.6. The second-order valence-corrected chi connectivity index (χ2v) is 5.74. The van der Waals surface area contributed by atoms with Crippen molar-refractivity contribution in [2.75, 3.05) is 25.1 Å². The number of carbonyl (C=O) groups is 2. The number of amides is 2. The number of nitrogens with zero attached hydrogens (tertiary/aromatic N) is 2. The van der Waals surface area contributed by atoms with Gasteiger partial charge in [-0.05, 0) is 30.2 Å². The molecule has 25 heavy (non-hydrogen) atoms. The molecule has 7 heteroatoms. The minimum Gasteiger partial charge on any atom is -0.490 e. The molecular weight excluding hydrogens is 325 g/mol. The minimum atomic E-state index is -0.415. The second kappa shape index (κ2) is 7.29. The van der Waals surface area contributed by atoms with Crippen molar-refractivity contribution >= 4 is 18.0 Å². The van der Waals surface area contributed by atoms with Crippen LogP contribution in [-0.2, 0) is 16.0 Å². The number of benzene rings is 1. The van der Waals surface area contributed by atoms with Gasteiger partial charge in [0.1, 0.15) is 18.2 Å². The van der Waals surface area contributed by atoms with Crippen molar-refractivity contribution in [3.63, 3.8) is 0 Å². The first-order chi connectivity index (χ1) is 12.1. The van der Waals surface area contributed by atoms with Crippen LogP contribution in [0, 0.1) is 5.82 Å². The Morgan fingerprint density at radius 1 is 1.32 bits per heavy atom. The van der Waals surface area contributed by atoms with Gasteiger partial charge in [0.2, 0.25) is 12.3 Å². The molecule has 1 aliphatic heterocycles. The van der Waals surface area contributed by atoms with E-state index in [4.69, 9.17) is 4.74 Å². The molecule has 1 aromatic heterocycles. The van der Waals surface area contributed by atoms with Gasteiger partial charge in [0.15, 0.2) is 0 Å². The van der Waals surface area contributed by atoms with Gasteiger partial charge >= 0.3 is 0 Å². The number of aromatic nitrogens is 1. The van der Waals surface area contributed by atoms with Gasteiger partial charge in [-0.2, -0.15) is 0 Å². The van der Waals surface area contributed by atoms with E-state index in [0.29, 0.717) is 55.0 Å². The lowest BCUT2D eigenvalue weighted by Gasteiger charge is -2.26. The van der Waals surface area contributed by atoms with Crippen molar-refractivity contribution in [1.29, 1.82) is 0 Å². The summed E-state index contributed by atoms with van der Waals surface area (Å²) < 4.78 is 20.1. The number of hydrogen-bond acceptors (Lipinski definition) is 4. The Labute approximate surface area is 144 Å². The van der Waals surface area contributed by atoms with Crippen molar-refractivity contribution < 1.29 is 18.7 Å². The lowest BCUT2D eigenvalue weighted by molar-refractivity contribution is -0.118. The fraction of sp³-hybridized carbons (Fsp3) is 0.278. The molecule has 1 N–H and O–H groups in total. The predicted molar refractivity (Wildman–Crippen MR) is 90.9 cm³/mol. The van der Waals surface area contributed by atoms with Crippen LogP contribution in [0.4, 0.5) is 10.1 Å². The molecule has 3 rings (SSSR count). The van der Waals surface area contributed by atoms with Crippen molar-refractivity contribution in [2.45, 2.75) is 12.8 Å². The molecule has 1 aromatic carbocycles. The van der Waals surface area contributed by atoms with E-state index in [-0.39, 0.29) is 5.91 Å². The van der Waals surface area contributed by atoms with Gasteiger partial charge in [0.25, 0.3) is 0 Å². The molecule has 2 amide bonds. The zero-order valence-electron chi connectivity index (χ0n) is 13.8. The van der Waals surface area contributed by atoms with E-state index in [1.807, 2.05) is 0 Å². The van der Waals surface area contributed by atoms with Gasteiger partial charge in [-0.15, -0.1) is 0 Å². The first-order valence-electron chi connectivity index (χ1n) is 7.94. The van der Waals surface area contributed by atoms with Crippen LogP contribution in [0.3, 0.4) is 0 Å². The van der Waals surface area contributed by atoms with Crippen LogP contribution < -0.4 is 15.0 Å². The van der Waals surface area contributed by atoms with Crippen molar-refractivity contribution in [3.8, 4) is 16.9 Å². The number of rotatable bonds is 6. The molecule has 0 saturated heterocycles. The van der Waals surface area contributed by atoms with Gasteiger partial charge < -0.3 is 15.0 Å². The van der Waals surface area contributed by atoms with Crippen LogP contribution in [0.1, 0.15) is 12.0 Å². The molecule has 0 radical (unpaired) electrons. The maximum Gasteiger partial charge on any atom is 0.227 e. The number of halogens is 1. The molecule has 0 spiro atoms. The van der Waals surface area contributed by atoms with Crippen LogP contribution in [-0.4, -0.2) is 37.5 Å². The third-order valence-electron chi connectivity index (χ3n) is 4.13. The molecule has 1 aliphatic rings. The van der Waals surface area contributed by atoms with Crippen LogP contribution in [0.2, 0.25) is 0 Å². The minimum absolute atomic E-state index is 0.0133. The summed E-state index contributed by atoms with van der Waals surface area (Å²) in [7, 11) is 1.66. The smallest absolute Gasteiger partial charge is 0.227 e. The fourth-order valence-corrected chi connectivity index (χ4v) is 2.82. The van der Waals surface area contributed by atoms with Crippen LogP contribution in [0.15, 0.2) is 30.6 Å². The summed E-state index contributed by atoms with van der Waals surface area (Å²) in [5.74, 6) is 0.0668. The number of fused-ring (bicyclic) bond motifs is 1. The van der Waals surface area contributed by atoms with Crippen molar-refractivity contribution in [3.05, 3.63) is 42.0 Å². The Hall–Kier alpha value is -2.96. The zero-order chi connectivity index (χ0) is 17.8. The van der Waals surface area contributed by atoms with Gasteiger partial charge in [0, 0.05) is 36.5 Å². The van der Waals surface area contributed by atoms with Crippen molar-refractivity contribution in [2.24, 2.45) is 0 Å². The Balaban J connectivity index is 1.87. The Kier molecular flexibility index (Phi) is 4.92. The summed E-state index contributed by atoms with van der Waals surface area (Å²) in [6.45, 7) is 0.671. The maximum atomic E-state index is 14.6. The lowest BCUT2D eigenvalue weighted by atomic mass is 9.96. The number of anilines is 1. The molecular formula is C18H18FN3O3. The molecule has 0 aliphatic carbocycles. The van der Waals surface area contributed by atoms with Gasteiger partial charge in [-0.25, -0.2) is 4.39 Å². The summed E-state index contributed by atoms with van der Waals surface area (Å²) >= 11 is 0. The summed E-state index contributed by atoms with van der Waals surface area (Å²) in [5.41, 5.74) is 2.56. The van der Waals surface area contributed by atoms with E-state index >= 15 is 0 Å². The first-order valence-corrected chi connectivity index (χ1v) is 7.94. The molecule has 0 saturated carbocycles. The number of nitrogens with one attached hydrogen (secondary N) is 1. The van der Waals surface area contributed by atoms with Crippen LogP contribution >= 0.6 is 0 Å². The zero-order valence-corrected chi connectivity index (χ0v) is 13.8. The lowest BCUT2D eigenvalue weighted by Crippen LogP contribution is -2.31. The van der Waals surface area contributed by atoms with Gasteiger partial charge in [0.05, 0.1) is 12.7 Å². The summed E-state index contributed by atoms with van der Waals surface area (Å²) in [6, 6.07) is 4.86. The molecule has 6 nitrogen and oxygen atoms in total. The largest absolute Gasteiger partial charge is 0.490 e. The summed E-state index contributed by atoms with van der Waals surface area (Å²) in [5, 5.41) is 2.50. The second-order valence-electron chi connectivity index (χ2n) is 5.74. The molecule has 2 aromatic rings. The predicted octanol–water partition coefficient (Wildman–Crippen LogP) is 1.92. The molecule has 130 valence electrons. The third-order valence-corrected chi connectivity index (χ3v) is 4.13. The van der Waals surface area contributed by atoms with Crippen LogP contribution in [0.5, 0.6) is 5.75 Å². The van der Waals surface area contributed by atoms with E-state index < -0.39 is 5.82 Å². The van der Waals surface area contributed by atoms with Gasteiger partial charge in [-0.3, -0.25) is 14.6 Å². The number of ether oxygens (including phenoxy) is 1. The highest BCUT2D eigenvalue weighted by Crippen LogP contribution is 2.34. The number of hydrogen-bond donors (Lipinski definition) is 1. The Morgan fingerprint density at radius 2 is 2.16 bits per heavy atom. The summed E-state index contributed by atoms with van der Waals surface area (Å²) in [4.78, 5) is 27.6. The normalized spacial score (nSPS) is 13.4. The summed E-state index contributed by atoms with van der Waals surface area (Å²) in [6.07, 6.45) is 4.71. The average molecular weight is 343 g/mol. The highest BCUT2D eigenvalue weighted by molar-refractivity contribution is 5.96. The highest BCUT2D eigenvalue weighted by atomic mass is 19.1. The van der Waals surface area contributed by atoms with E-state index in [2.05, 4.69) is 10.3 Å². The Morgan fingerprint density at radius 3 is 2.96 bits per heavy atom. The average Bonchev–Trinajstić information content (AvgIpc) is 2.62. The number of pyridine rings is 1. The first kappa shape index (κ1) is 16.9. The van der Waals surface area contributed by atoms with E-state index in [1.54, 1.807) is 25.4 Å². The molecule has 0 unspecified atom stereocenters. The topological polar surface area (TPSA) is 71.5 Å². The van der Waals surface area contributed by atoms with E-state index in [0.717, 1.165) is 5.56 Å². The monoisotopic (exact) mass is 343 g/mol. The molecule has 0 atom stereocenters.